The van der Waals surface area contributed by atoms with Crippen molar-refractivity contribution in [2.24, 2.45) is 0 Å². The molecule has 3 nitrogen and oxygen atoms in total. The third-order valence-corrected chi connectivity index (χ3v) is 4.97. The minimum absolute atomic E-state index is 0.00453. The second-order valence-electron chi connectivity index (χ2n) is 4.85. The average molecular weight is 294 g/mol. The van der Waals surface area contributed by atoms with Crippen molar-refractivity contribution in [3.05, 3.63) is 66.0 Å². The highest BCUT2D eigenvalue weighted by atomic mass is 32.2. The zero-order valence-electron chi connectivity index (χ0n) is 11.0. The topological polar surface area (TPSA) is 54.4 Å². The van der Waals surface area contributed by atoms with Gasteiger partial charge in [0, 0.05) is 0 Å². The van der Waals surface area contributed by atoms with Crippen LogP contribution in [0.2, 0.25) is 0 Å². The Morgan fingerprint density at radius 1 is 1.05 bits per heavy atom. The van der Waals surface area contributed by atoms with Gasteiger partial charge in [-0.15, -0.1) is 0 Å². The van der Waals surface area contributed by atoms with Crippen molar-refractivity contribution in [2.45, 2.75) is 17.4 Å². The first-order valence-corrected chi connectivity index (χ1v) is 7.73. The minimum Gasteiger partial charge on any atom is -0.384 e. The summed E-state index contributed by atoms with van der Waals surface area (Å²) in [5.41, 5.74) is -0.986. The van der Waals surface area contributed by atoms with Crippen LogP contribution in [0.3, 0.4) is 0 Å². The van der Waals surface area contributed by atoms with E-state index in [0.717, 1.165) is 12.1 Å². The molecule has 0 aliphatic carbocycles. The second kappa shape index (κ2) is 5.34. The number of benzene rings is 2. The van der Waals surface area contributed by atoms with Gasteiger partial charge in [0.05, 0.1) is 10.6 Å². The van der Waals surface area contributed by atoms with Gasteiger partial charge < -0.3 is 5.11 Å². The van der Waals surface area contributed by atoms with Crippen molar-refractivity contribution < 1.29 is 17.9 Å². The summed E-state index contributed by atoms with van der Waals surface area (Å²) in [5.74, 6) is -0.964. The standard InChI is InChI=1S/C15H15FO3S/c1-15(17,12-5-3-2-4-6-12)11-20(18,19)14-9-7-13(16)8-10-14/h2-10,17H,11H2,1H3. The van der Waals surface area contributed by atoms with Crippen LogP contribution in [0.1, 0.15) is 12.5 Å². The molecule has 0 fully saturated rings. The van der Waals surface area contributed by atoms with Crippen molar-refractivity contribution >= 4 is 9.84 Å². The van der Waals surface area contributed by atoms with E-state index in [-0.39, 0.29) is 4.90 Å². The van der Waals surface area contributed by atoms with Crippen molar-refractivity contribution in [2.75, 3.05) is 5.75 Å². The van der Waals surface area contributed by atoms with Gasteiger partial charge in [0.1, 0.15) is 11.4 Å². The molecule has 0 aliphatic heterocycles. The molecule has 0 bridgehead atoms. The number of aliphatic hydroxyl groups is 1. The summed E-state index contributed by atoms with van der Waals surface area (Å²) in [4.78, 5) is -0.00453. The summed E-state index contributed by atoms with van der Waals surface area (Å²) in [6.45, 7) is 1.45. The van der Waals surface area contributed by atoms with E-state index in [1.807, 2.05) is 0 Å². The molecular formula is C15H15FO3S. The first-order valence-electron chi connectivity index (χ1n) is 6.07. The van der Waals surface area contributed by atoms with Crippen LogP contribution in [-0.2, 0) is 15.4 Å². The lowest BCUT2D eigenvalue weighted by Gasteiger charge is -2.23. The molecule has 0 heterocycles. The first-order chi connectivity index (χ1) is 9.31. The Kier molecular flexibility index (Phi) is 3.92. The number of sulfone groups is 1. The van der Waals surface area contributed by atoms with Crippen LogP contribution in [0, 0.1) is 5.82 Å². The summed E-state index contributed by atoms with van der Waals surface area (Å²) in [5, 5.41) is 10.4. The van der Waals surface area contributed by atoms with Gasteiger partial charge >= 0.3 is 0 Å². The van der Waals surface area contributed by atoms with E-state index in [2.05, 4.69) is 0 Å². The first kappa shape index (κ1) is 14.7. The van der Waals surface area contributed by atoms with Crippen molar-refractivity contribution in [3.8, 4) is 0 Å². The third-order valence-electron chi connectivity index (χ3n) is 3.04. The number of halogens is 1. The molecule has 1 unspecified atom stereocenters. The monoisotopic (exact) mass is 294 g/mol. The Morgan fingerprint density at radius 2 is 1.60 bits per heavy atom. The number of hydrogen-bond acceptors (Lipinski definition) is 3. The van der Waals surface area contributed by atoms with Crippen LogP contribution >= 0.6 is 0 Å². The Morgan fingerprint density at radius 3 is 2.15 bits per heavy atom. The number of rotatable bonds is 4. The molecule has 20 heavy (non-hydrogen) atoms. The van der Waals surface area contributed by atoms with Crippen LogP contribution in [-0.4, -0.2) is 19.3 Å². The quantitative estimate of drug-likeness (QED) is 0.882. The number of hydrogen-bond donors (Lipinski definition) is 1. The van der Waals surface area contributed by atoms with Gasteiger partial charge in [-0.05, 0) is 36.8 Å². The molecule has 5 heteroatoms. The minimum atomic E-state index is -3.70. The summed E-state index contributed by atoms with van der Waals surface area (Å²) in [6, 6.07) is 13.2. The van der Waals surface area contributed by atoms with Crippen LogP contribution < -0.4 is 0 Å². The van der Waals surface area contributed by atoms with Crippen molar-refractivity contribution in [1.29, 1.82) is 0 Å². The lowest BCUT2D eigenvalue weighted by molar-refractivity contribution is 0.0819. The summed E-state index contributed by atoms with van der Waals surface area (Å²) < 4.78 is 37.3. The van der Waals surface area contributed by atoms with Gasteiger partial charge in [-0.1, -0.05) is 30.3 Å². The predicted octanol–water partition coefficient (Wildman–Crippen LogP) is 2.51. The highest BCUT2D eigenvalue weighted by molar-refractivity contribution is 7.91. The molecule has 1 N–H and O–H groups in total. The maximum atomic E-state index is 12.8. The van der Waals surface area contributed by atoms with E-state index in [1.54, 1.807) is 30.3 Å². The molecule has 0 radical (unpaired) electrons. The fraction of sp³-hybridized carbons (Fsp3) is 0.200. The summed E-state index contributed by atoms with van der Waals surface area (Å²) >= 11 is 0. The molecule has 2 aromatic rings. The Labute approximate surface area is 117 Å². The van der Waals surface area contributed by atoms with Crippen molar-refractivity contribution in [1.82, 2.24) is 0 Å². The van der Waals surface area contributed by atoms with E-state index in [1.165, 1.54) is 19.1 Å². The normalized spacial score (nSPS) is 14.8. The van der Waals surface area contributed by atoms with Gasteiger partial charge in [0.15, 0.2) is 9.84 Å². The lowest BCUT2D eigenvalue weighted by Crippen LogP contribution is -2.31. The van der Waals surface area contributed by atoms with E-state index in [0.29, 0.717) is 5.56 Å². The van der Waals surface area contributed by atoms with Gasteiger partial charge in [-0.2, -0.15) is 0 Å². The van der Waals surface area contributed by atoms with Crippen LogP contribution in [0.4, 0.5) is 4.39 Å². The van der Waals surface area contributed by atoms with E-state index >= 15 is 0 Å². The molecular weight excluding hydrogens is 279 g/mol. The zero-order chi connectivity index (χ0) is 14.8. The highest BCUT2D eigenvalue weighted by Gasteiger charge is 2.31. The Hall–Kier alpha value is -1.72. The van der Waals surface area contributed by atoms with Crippen LogP contribution in [0.5, 0.6) is 0 Å². The smallest absolute Gasteiger partial charge is 0.181 e. The molecule has 0 amide bonds. The molecule has 2 aromatic carbocycles. The van der Waals surface area contributed by atoms with Crippen LogP contribution in [0.25, 0.3) is 0 Å². The summed E-state index contributed by atoms with van der Waals surface area (Å²) in [7, 11) is -3.70. The summed E-state index contributed by atoms with van der Waals surface area (Å²) in [6.07, 6.45) is 0. The fourth-order valence-corrected chi connectivity index (χ4v) is 3.60. The molecule has 1 atom stereocenters. The van der Waals surface area contributed by atoms with Gasteiger partial charge in [0.25, 0.3) is 0 Å². The van der Waals surface area contributed by atoms with E-state index in [4.69, 9.17) is 0 Å². The fourth-order valence-electron chi connectivity index (χ4n) is 1.98. The molecule has 2 rings (SSSR count). The van der Waals surface area contributed by atoms with Crippen molar-refractivity contribution in [3.63, 3.8) is 0 Å². The molecule has 106 valence electrons. The third kappa shape index (κ3) is 3.23. The van der Waals surface area contributed by atoms with E-state index < -0.39 is 27.0 Å². The Balaban J connectivity index is 2.30. The molecule has 0 saturated heterocycles. The highest BCUT2D eigenvalue weighted by Crippen LogP contribution is 2.25. The largest absolute Gasteiger partial charge is 0.384 e. The Bertz CT molecular complexity index is 677. The maximum absolute atomic E-state index is 12.8. The molecule has 0 saturated carbocycles. The van der Waals surface area contributed by atoms with E-state index in [9.17, 15) is 17.9 Å². The van der Waals surface area contributed by atoms with Crippen LogP contribution in [0.15, 0.2) is 59.5 Å². The molecule has 0 aromatic heterocycles. The lowest BCUT2D eigenvalue weighted by atomic mass is 9.99. The average Bonchev–Trinajstić information content (AvgIpc) is 2.39. The molecule has 0 aliphatic rings. The zero-order valence-corrected chi connectivity index (χ0v) is 11.8. The predicted molar refractivity (Wildman–Crippen MR) is 74.5 cm³/mol. The maximum Gasteiger partial charge on any atom is 0.181 e. The molecule has 0 spiro atoms. The SMILES string of the molecule is CC(O)(CS(=O)(=O)c1ccc(F)cc1)c1ccccc1. The van der Waals surface area contributed by atoms with Gasteiger partial charge in [-0.3, -0.25) is 0 Å². The van der Waals surface area contributed by atoms with Gasteiger partial charge in [0.2, 0.25) is 0 Å². The van der Waals surface area contributed by atoms with Gasteiger partial charge in [-0.25, -0.2) is 12.8 Å². The second-order valence-corrected chi connectivity index (χ2v) is 6.84.